The molecule has 2 rings (SSSR count). The van der Waals surface area contributed by atoms with Gasteiger partial charge < -0.3 is 5.73 Å². The molecule has 1 aromatic carbocycles. The maximum atomic E-state index is 10.7. The number of hydrogen-bond donors (Lipinski definition) is 1. The van der Waals surface area contributed by atoms with Crippen LogP contribution in [-0.4, -0.2) is 11.5 Å². The Bertz CT molecular complexity index is 429. The van der Waals surface area contributed by atoms with E-state index in [4.69, 9.17) is 5.73 Å². The molecular weight excluding hydrogens is 204 g/mol. The summed E-state index contributed by atoms with van der Waals surface area (Å²) >= 11 is 0. The summed E-state index contributed by atoms with van der Waals surface area (Å²) in [5.74, 6) is 0.798. The molecule has 1 aliphatic rings. The fourth-order valence-electron chi connectivity index (χ4n) is 2.68. The molecule has 2 atom stereocenters. The van der Waals surface area contributed by atoms with Gasteiger partial charge >= 0.3 is 0 Å². The number of nitro benzene ring substituents is 1. The molecule has 86 valence electrons. The fourth-order valence-corrected chi connectivity index (χ4v) is 2.68. The quantitative estimate of drug-likeness (QED) is 0.627. The van der Waals surface area contributed by atoms with E-state index < -0.39 is 0 Å². The predicted octanol–water partition coefficient (Wildman–Crippen LogP) is 2.29. The second-order valence-corrected chi connectivity index (χ2v) is 4.99. The largest absolute Gasteiger partial charge is 0.330 e. The highest BCUT2D eigenvalue weighted by atomic mass is 16.6. The van der Waals surface area contributed by atoms with Crippen molar-refractivity contribution in [2.45, 2.75) is 19.8 Å². The normalized spacial score (nSPS) is 26.4. The highest BCUT2D eigenvalue weighted by Crippen LogP contribution is 2.63. The summed E-state index contributed by atoms with van der Waals surface area (Å²) in [4.78, 5) is 10.3. The van der Waals surface area contributed by atoms with Crippen molar-refractivity contribution in [1.82, 2.24) is 0 Å². The van der Waals surface area contributed by atoms with Crippen molar-refractivity contribution < 1.29 is 4.92 Å². The Morgan fingerprint density at radius 2 is 2.19 bits per heavy atom. The molecule has 1 saturated carbocycles. The van der Waals surface area contributed by atoms with Gasteiger partial charge in [-0.25, -0.2) is 0 Å². The van der Waals surface area contributed by atoms with Crippen LogP contribution in [0.2, 0.25) is 0 Å². The molecule has 4 heteroatoms. The molecule has 0 spiro atoms. The first kappa shape index (κ1) is 11.1. The van der Waals surface area contributed by atoms with Crippen LogP contribution < -0.4 is 5.73 Å². The molecule has 0 amide bonds. The summed E-state index contributed by atoms with van der Waals surface area (Å²) in [7, 11) is 0. The van der Waals surface area contributed by atoms with Gasteiger partial charge in [-0.3, -0.25) is 10.1 Å². The van der Waals surface area contributed by atoms with E-state index in [-0.39, 0.29) is 16.0 Å². The lowest BCUT2D eigenvalue weighted by Crippen LogP contribution is -2.05. The first-order valence-electron chi connectivity index (χ1n) is 5.43. The molecule has 1 fully saturated rings. The van der Waals surface area contributed by atoms with E-state index in [1.54, 1.807) is 12.1 Å². The first-order valence-corrected chi connectivity index (χ1v) is 5.43. The average Bonchev–Trinajstić information content (AvgIpc) is 2.80. The lowest BCUT2D eigenvalue weighted by Gasteiger charge is -2.02. The fraction of sp³-hybridized carbons (Fsp3) is 0.500. The van der Waals surface area contributed by atoms with Crippen molar-refractivity contribution in [1.29, 1.82) is 0 Å². The number of nitrogens with zero attached hydrogens (tertiary/aromatic N) is 1. The molecule has 2 N–H and O–H groups in total. The third kappa shape index (κ3) is 1.59. The standard InChI is InChI=1S/C12H16N2O2/c1-12(2)10(7-13)11(12)8-4-3-5-9(6-8)14(15)16/h3-6,10-11H,7,13H2,1-2H3. The lowest BCUT2D eigenvalue weighted by molar-refractivity contribution is -0.384. The predicted molar refractivity (Wildman–Crippen MR) is 62.2 cm³/mol. The van der Waals surface area contributed by atoms with Crippen molar-refractivity contribution in [3.63, 3.8) is 0 Å². The highest BCUT2D eigenvalue weighted by molar-refractivity contribution is 5.40. The third-order valence-corrected chi connectivity index (χ3v) is 3.74. The van der Waals surface area contributed by atoms with Crippen molar-refractivity contribution in [2.75, 3.05) is 6.54 Å². The van der Waals surface area contributed by atoms with E-state index >= 15 is 0 Å². The molecule has 4 nitrogen and oxygen atoms in total. The van der Waals surface area contributed by atoms with Crippen molar-refractivity contribution in [3.8, 4) is 0 Å². The number of hydrogen-bond acceptors (Lipinski definition) is 3. The zero-order chi connectivity index (χ0) is 11.9. The first-order chi connectivity index (χ1) is 7.48. The zero-order valence-corrected chi connectivity index (χ0v) is 9.51. The second kappa shape index (κ2) is 3.56. The second-order valence-electron chi connectivity index (χ2n) is 4.99. The van der Waals surface area contributed by atoms with Gasteiger partial charge in [-0.05, 0) is 29.4 Å². The number of non-ortho nitro benzene ring substituents is 1. The van der Waals surface area contributed by atoms with Crippen LogP contribution >= 0.6 is 0 Å². The molecule has 0 aliphatic heterocycles. The highest BCUT2D eigenvalue weighted by Gasteiger charge is 2.57. The molecule has 0 aromatic heterocycles. The topological polar surface area (TPSA) is 69.2 Å². The lowest BCUT2D eigenvalue weighted by atomic mass is 10.0. The SMILES string of the molecule is CC1(C)C(CN)C1c1cccc([N+](=O)[O-])c1. The van der Waals surface area contributed by atoms with Gasteiger partial charge in [-0.1, -0.05) is 26.0 Å². The third-order valence-electron chi connectivity index (χ3n) is 3.74. The van der Waals surface area contributed by atoms with Crippen LogP contribution in [0, 0.1) is 21.4 Å². The molecule has 0 saturated heterocycles. The van der Waals surface area contributed by atoms with E-state index in [2.05, 4.69) is 13.8 Å². The van der Waals surface area contributed by atoms with Crippen molar-refractivity contribution in [3.05, 3.63) is 39.9 Å². The van der Waals surface area contributed by atoms with Gasteiger partial charge in [0.1, 0.15) is 0 Å². The van der Waals surface area contributed by atoms with E-state index in [0.29, 0.717) is 18.4 Å². The Morgan fingerprint density at radius 3 is 2.69 bits per heavy atom. The number of nitrogens with two attached hydrogens (primary N) is 1. The van der Waals surface area contributed by atoms with Gasteiger partial charge in [0.2, 0.25) is 0 Å². The molecule has 0 radical (unpaired) electrons. The van der Waals surface area contributed by atoms with Crippen LogP contribution in [0.4, 0.5) is 5.69 Å². The van der Waals surface area contributed by atoms with Gasteiger partial charge in [0.25, 0.3) is 5.69 Å². The molecule has 0 bridgehead atoms. The van der Waals surface area contributed by atoms with Crippen LogP contribution in [0.25, 0.3) is 0 Å². The van der Waals surface area contributed by atoms with Crippen LogP contribution in [-0.2, 0) is 0 Å². The van der Waals surface area contributed by atoms with Crippen LogP contribution in [0.3, 0.4) is 0 Å². The minimum atomic E-state index is -0.351. The molecular formula is C12H16N2O2. The average molecular weight is 220 g/mol. The Morgan fingerprint density at radius 1 is 1.50 bits per heavy atom. The van der Waals surface area contributed by atoms with Gasteiger partial charge in [0, 0.05) is 12.1 Å². The van der Waals surface area contributed by atoms with Crippen LogP contribution in [0.5, 0.6) is 0 Å². The maximum absolute atomic E-state index is 10.7. The maximum Gasteiger partial charge on any atom is 0.269 e. The van der Waals surface area contributed by atoms with Crippen LogP contribution in [0.15, 0.2) is 24.3 Å². The Kier molecular flexibility index (Phi) is 2.46. The van der Waals surface area contributed by atoms with E-state index in [1.165, 1.54) is 6.07 Å². The summed E-state index contributed by atoms with van der Waals surface area (Å²) in [5.41, 5.74) is 7.07. The summed E-state index contributed by atoms with van der Waals surface area (Å²) in [6.07, 6.45) is 0. The summed E-state index contributed by atoms with van der Waals surface area (Å²) in [6.45, 7) is 4.96. The number of benzene rings is 1. The molecule has 1 aromatic rings. The summed E-state index contributed by atoms with van der Waals surface area (Å²) < 4.78 is 0. The molecule has 16 heavy (non-hydrogen) atoms. The zero-order valence-electron chi connectivity index (χ0n) is 9.51. The van der Waals surface area contributed by atoms with E-state index in [1.807, 2.05) is 6.07 Å². The van der Waals surface area contributed by atoms with Crippen molar-refractivity contribution in [2.24, 2.45) is 17.1 Å². The van der Waals surface area contributed by atoms with Crippen LogP contribution in [0.1, 0.15) is 25.3 Å². The monoisotopic (exact) mass is 220 g/mol. The smallest absolute Gasteiger partial charge is 0.269 e. The minimum Gasteiger partial charge on any atom is -0.330 e. The Balaban J connectivity index is 2.30. The number of rotatable bonds is 3. The van der Waals surface area contributed by atoms with E-state index in [9.17, 15) is 10.1 Å². The van der Waals surface area contributed by atoms with Gasteiger partial charge in [-0.2, -0.15) is 0 Å². The molecule has 2 unspecified atom stereocenters. The molecule has 0 heterocycles. The Labute approximate surface area is 94.6 Å². The minimum absolute atomic E-state index is 0.163. The van der Waals surface area contributed by atoms with Gasteiger partial charge in [0.05, 0.1) is 4.92 Å². The molecule has 1 aliphatic carbocycles. The Hall–Kier alpha value is -1.42. The summed E-state index contributed by atoms with van der Waals surface area (Å²) in [5, 5.41) is 10.7. The van der Waals surface area contributed by atoms with E-state index in [0.717, 1.165) is 5.56 Å². The van der Waals surface area contributed by atoms with Crippen molar-refractivity contribution >= 4 is 5.69 Å². The van der Waals surface area contributed by atoms with Gasteiger partial charge in [-0.15, -0.1) is 0 Å². The van der Waals surface area contributed by atoms with Gasteiger partial charge in [0.15, 0.2) is 0 Å². The number of nitro groups is 1. The summed E-state index contributed by atoms with van der Waals surface area (Å²) in [6, 6.07) is 6.89.